The van der Waals surface area contributed by atoms with E-state index in [0.29, 0.717) is 23.1 Å². The Morgan fingerprint density at radius 1 is 1.00 bits per heavy atom. The summed E-state index contributed by atoms with van der Waals surface area (Å²) in [5.41, 5.74) is 0.561. The van der Waals surface area contributed by atoms with Gasteiger partial charge in [-0.1, -0.05) is 12.1 Å². The largest absolute Gasteiger partial charge is 0.474 e. The number of amides is 2. The van der Waals surface area contributed by atoms with Crippen molar-refractivity contribution >= 4 is 33.7 Å². The third-order valence-electron chi connectivity index (χ3n) is 3.14. The Balaban J connectivity index is 2.01. The summed E-state index contributed by atoms with van der Waals surface area (Å²) >= 11 is 3.33. The highest BCUT2D eigenvalue weighted by molar-refractivity contribution is 9.10. The molecule has 0 aliphatic carbocycles. The number of aliphatic carboxylic acids is 1. The molecule has 0 atom stereocenters. The second kappa shape index (κ2) is 6.04. The topological polar surface area (TPSA) is 77.9 Å². The van der Waals surface area contributed by atoms with E-state index in [1.807, 2.05) is 6.07 Å². The van der Waals surface area contributed by atoms with E-state index in [2.05, 4.69) is 15.9 Å². The molecular weight excluding hydrogens is 328 g/mol. The third kappa shape index (κ3) is 2.98. The van der Waals surface area contributed by atoms with Gasteiger partial charge >= 0.3 is 11.9 Å². The quantitative estimate of drug-likeness (QED) is 0.767. The van der Waals surface area contributed by atoms with Crippen molar-refractivity contribution in [3.8, 4) is 0 Å². The lowest BCUT2D eigenvalue weighted by Crippen LogP contribution is -2.52. The molecule has 1 aliphatic heterocycles. The first-order chi connectivity index (χ1) is 9.50. The number of hydrogen-bond donors (Lipinski definition) is 1. The van der Waals surface area contributed by atoms with Gasteiger partial charge in [-0.15, -0.1) is 0 Å². The van der Waals surface area contributed by atoms with E-state index in [-0.39, 0.29) is 19.0 Å². The molecule has 0 aromatic heterocycles. The van der Waals surface area contributed by atoms with Crippen molar-refractivity contribution in [2.45, 2.75) is 0 Å². The standard InChI is InChI=1S/C13H13BrN2O4/c14-10-4-2-1-3-9(10)11(17)15-5-7-16(8-6-15)12(18)13(19)20/h1-4H,5-8H2,(H,19,20). The molecule has 106 valence electrons. The summed E-state index contributed by atoms with van der Waals surface area (Å²) in [4.78, 5) is 37.1. The summed E-state index contributed by atoms with van der Waals surface area (Å²) in [7, 11) is 0. The van der Waals surface area contributed by atoms with E-state index in [1.54, 1.807) is 23.1 Å². The lowest BCUT2D eigenvalue weighted by atomic mass is 10.2. The fraction of sp³-hybridized carbons (Fsp3) is 0.308. The molecule has 20 heavy (non-hydrogen) atoms. The fourth-order valence-electron chi connectivity index (χ4n) is 2.05. The van der Waals surface area contributed by atoms with Gasteiger partial charge in [0.25, 0.3) is 5.91 Å². The van der Waals surface area contributed by atoms with Gasteiger partial charge in [-0.3, -0.25) is 9.59 Å². The number of benzene rings is 1. The summed E-state index contributed by atoms with van der Waals surface area (Å²) < 4.78 is 0.717. The van der Waals surface area contributed by atoms with Crippen LogP contribution in [0.1, 0.15) is 10.4 Å². The lowest BCUT2D eigenvalue weighted by molar-refractivity contribution is -0.156. The van der Waals surface area contributed by atoms with Crippen molar-refractivity contribution in [1.29, 1.82) is 0 Å². The Kier molecular flexibility index (Phi) is 4.39. The molecule has 1 heterocycles. The summed E-state index contributed by atoms with van der Waals surface area (Å²) in [5.74, 6) is -2.51. The van der Waals surface area contributed by atoms with Crippen LogP contribution in [0.2, 0.25) is 0 Å². The van der Waals surface area contributed by atoms with Gasteiger partial charge in [-0.05, 0) is 28.1 Å². The molecule has 1 N–H and O–H groups in total. The molecule has 1 fully saturated rings. The maximum atomic E-state index is 12.3. The minimum absolute atomic E-state index is 0.125. The van der Waals surface area contributed by atoms with Gasteiger partial charge < -0.3 is 14.9 Å². The minimum atomic E-state index is -1.46. The number of carbonyl (C=O) groups excluding carboxylic acids is 2. The fourth-order valence-corrected chi connectivity index (χ4v) is 2.51. The Morgan fingerprint density at radius 3 is 2.10 bits per heavy atom. The van der Waals surface area contributed by atoms with Gasteiger partial charge in [-0.2, -0.15) is 0 Å². The second-order valence-electron chi connectivity index (χ2n) is 4.37. The van der Waals surface area contributed by atoms with E-state index >= 15 is 0 Å². The number of nitrogens with zero attached hydrogens (tertiary/aromatic N) is 2. The van der Waals surface area contributed by atoms with Crippen LogP contribution in [-0.4, -0.2) is 58.9 Å². The van der Waals surface area contributed by atoms with Crippen LogP contribution < -0.4 is 0 Å². The molecule has 1 aromatic rings. The molecule has 1 aromatic carbocycles. The number of carbonyl (C=O) groups is 3. The molecule has 0 bridgehead atoms. The molecule has 7 heteroatoms. The number of rotatable bonds is 1. The molecule has 1 saturated heterocycles. The molecule has 0 radical (unpaired) electrons. The van der Waals surface area contributed by atoms with Gasteiger partial charge in [0.1, 0.15) is 0 Å². The molecule has 0 unspecified atom stereocenters. The average molecular weight is 341 g/mol. The van der Waals surface area contributed by atoms with E-state index in [9.17, 15) is 14.4 Å². The van der Waals surface area contributed by atoms with Crippen LogP contribution in [0.4, 0.5) is 0 Å². The molecule has 2 rings (SSSR count). The second-order valence-corrected chi connectivity index (χ2v) is 5.22. The van der Waals surface area contributed by atoms with Crippen LogP contribution in [0, 0.1) is 0 Å². The van der Waals surface area contributed by atoms with Crippen molar-refractivity contribution in [1.82, 2.24) is 9.80 Å². The summed E-state index contributed by atoms with van der Waals surface area (Å²) in [6, 6.07) is 7.12. The highest BCUT2D eigenvalue weighted by atomic mass is 79.9. The van der Waals surface area contributed by atoms with Gasteiger partial charge in [0.2, 0.25) is 0 Å². The molecule has 1 aliphatic rings. The zero-order chi connectivity index (χ0) is 14.7. The minimum Gasteiger partial charge on any atom is -0.474 e. The highest BCUT2D eigenvalue weighted by Crippen LogP contribution is 2.18. The lowest BCUT2D eigenvalue weighted by Gasteiger charge is -2.34. The summed E-state index contributed by atoms with van der Waals surface area (Å²) in [6.45, 7) is 1.14. The van der Waals surface area contributed by atoms with Crippen molar-refractivity contribution in [3.05, 3.63) is 34.3 Å². The Hall–Kier alpha value is -1.89. The molecule has 2 amide bonds. The van der Waals surface area contributed by atoms with Crippen LogP contribution in [0.25, 0.3) is 0 Å². The Morgan fingerprint density at radius 2 is 1.55 bits per heavy atom. The molecule has 0 spiro atoms. The van der Waals surface area contributed by atoms with Gasteiger partial charge in [0, 0.05) is 30.7 Å². The van der Waals surface area contributed by atoms with Crippen LogP contribution >= 0.6 is 15.9 Å². The Bertz CT molecular complexity index is 553. The number of carboxylic acid groups (broad SMARTS) is 1. The van der Waals surface area contributed by atoms with Crippen molar-refractivity contribution in [2.24, 2.45) is 0 Å². The van der Waals surface area contributed by atoms with Crippen molar-refractivity contribution in [2.75, 3.05) is 26.2 Å². The predicted octanol–water partition coefficient (Wildman–Crippen LogP) is 0.818. The van der Waals surface area contributed by atoms with Gasteiger partial charge in [0.05, 0.1) is 5.56 Å². The number of piperazine rings is 1. The number of hydrogen-bond acceptors (Lipinski definition) is 3. The van der Waals surface area contributed by atoms with E-state index in [0.717, 1.165) is 0 Å². The van der Waals surface area contributed by atoms with Crippen LogP contribution in [0.15, 0.2) is 28.7 Å². The van der Waals surface area contributed by atoms with E-state index < -0.39 is 11.9 Å². The molecular formula is C13H13BrN2O4. The van der Waals surface area contributed by atoms with E-state index in [4.69, 9.17) is 5.11 Å². The van der Waals surface area contributed by atoms with Gasteiger partial charge in [-0.25, -0.2) is 4.79 Å². The number of halogens is 1. The zero-order valence-electron chi connectivity index (χ0n) is 10.6. The first kappa shape index (κ1) is 14.5. The van der Waals surface area contributed by atoms with E-state index in [1.165, 1.54) is 4.90 Å². The third-order valence-corrected chi connectivity index (χ3v) is 3.83. The smallest absolute Gasteiger partial charge is 0.394 e. The Labute approximate surface area is 124 Å². The molecule has 0 saturated carbocycles. The number of carboxylic acids is 1. The molecule has 6 nitrogen and oxygen atoms in total. The van der Waals surface area contributed by atoms with Crippen molar-refractivity contribution < 1.29 is 19.5 Å². The SMILES string of the molecule is O=C(O)C(=O)N1CCN(C(=O)c2ccccc2Br)CC1. The van der Waals surface area contributed by atoms with Crippen LogP contribution in [0.5, 0.6) is 0 Å². The predicted molar refractivity (Wildman–Crippen MR) is 74.3 cm³/mol. The monoisotopic (exact) mass is 340 g/mol. The van der Waals surface area contributed by atoms with Gasteiger partial charge in [0.15, 0.2) is 0 Å². The maximum Gasteiger partial charge on any atom is 0.394 e. The van der Waals surface area contributed by atoms with Crippen LogP contribution in [-0.2, 0) is 9.59 Å². The van der Waals surface area contributed by atoms with Crippen molar-refractivity contribution in [3.63, 3.8) is 0 Å². The average Bonchev–Trinajstić information content (AvgIpc) is 2.46. The maximum absolute atomic E-state index is 12.3. The highest BCUT2D eigenvalue weighted by Gasteiger charge is 2.28. The van der Waals surface area contributed by atoms with Crippen LogP contribution in [0.3, 0.4) is 0 Å². The normalized spacial score (nSPS) is 15.1. The first-order valence-electron chi connectivity index (χ1n) is 6.06. The first-order valence-corrected chi connectivity index (χ1v) is 6.86. The zero-order valence-corrected chi connectivity index (χ0v) is 12.2. The summed E-state index contributed by atoms with van der Waals surface area (Å²) in [5, 5.41) is 8.65. The summed E-state index contributed by atoms with van der Waals surface area (Å²) in [6.07, 6.45) is 0.